The highest BCUT2D eigenvalue weighted by atomic mass is 32.2. The normalized spacial score (nSPS) is 11.6. The molecule has 0 fully saturated rings. The van der Waals surface area contributed by atoms with E-state index in [1.54, 1.807) is 0 Å². The van der Waals surface area contributed by atoms with Gasteiger partial charge < -0.3 is 14.8 Å². The van der Waals surface area contributed by atoms with Crippen LogP contribution in [0.5, 0.6) is 11.5 Å². The highest BCUT2D eigenvalue weighted by Crippen LogP contribution is 2.31. The summed E-state index contributed by atoms with van der Waals surface area (Å²) in [6.45, 7) is 6.16. The van der Waals surface area contributed by atoms with Gasteiger partial charge in [-0.3, -0.25) is 9.10 Å². The van der Waals surface area contributed by atoms with E-state index in [0.29, 0.717) is 5.75 Å². The molecule has 0 aliphatic rings. The average molecular weight is 515 g/mol. The summed E-state index contributed by atoms with van der Waals surface area (Å²) in [6, 6.07) is 18.4. The number of sulfonamides is 1. The number of methoxy groups -OCH3 is 1. The van der Waals surface area contributed by atoms with Crippen molar-refractivity contribution in [3.63, 3.8) is 0 Å². The van der Waals surface area contributed by atoms with Gasteiger partial charge in [0.15, 0.2) is 0 Å². The Kier molecular flexibility index (Phi) is 8.57. The Hall–Kier alpha value is -3.59. The van der Waals surface area contributed by atoms with Crippen LogP contribution in [0.15, 0.2) is 77.7 Å². The van der Waals surface area contributed by atoms with Gasteiger partial charge in [0.2, 0.25) is 5.91 Å². The fourth-order valence-corrected chi connectivity index (χ4v) is 4.97. The van der Waals surface area contributed by atoms with Crippen LogP contribution in [0.25, 0.3) is 0 Å². The highest BCUT2D eigenvalue weighted by molar-refractivity contribution is 7.92. The molecule has 192 valence electrons. The third-order valence-corrected chi connectivity index (χ3v) is 7.21. The molecule has 0 atom stereocenters. The van der Waals surface area contributed by atoms with Gasteiger partial charge in [-0.1, -0.05) is 39.0 Å². The van der Waals surface area contributed by atoms with E-state index in [-0.39, 0.29) is 29.1 Å². The van der Waals surface area contributed by atoms with Crippen LogP contribution in [0.4, 0.5) is 10.1 Å². The predicted molar refractivity (Wildman–Crippen MR) is 138 cm³/mol. The summed E-state index contributed by atoms with van der Waals surface area (Å²) < 4.78 is 52.2. The molecule has 1 amide bonds. The van der Waals surface area contributed by atoms with E-state index >= 15 is 0 Å². The van der Waals surface area contributed by atoms with Crippen LogP contribution in [-0.2, 0) is 20.2 Å². The van der Waals surface area contributed by atoms with Crippen molar-refractivity contribution < 1.29 is 27.1 Å². The quantitative estimate of drug-likeness (QED) is 0.402. The number of nitrogens with zero attached hydrogens (tertiary/aromatic N) is 1. The number of ether oxygens (including phenoxy) is 2. The number of rotatable bonds is 10. The Morgan fingerprint density at radius 2 is 1.61 bits per heavy atom. The molecule has 0 unspecified atom stereocenters. The van der Waals surface area contributed by atoms with Gasteiger partial charge in [0.1, 0.15) is 30.5 Å². The van der Waals surface area contributed by atoms with Crippen LogP contribution in [0, 0.1) is 5.82 Å². The summed E-state index contributed by atoms with van der Waals surface area (Å²) in [5.74, 6) is 0.184. The monoisotopic (exact) mass is 514 g/mol. The van der Waals surface area contributed by atoms with E-state index in [2.05, 4.69) is 26.1 Å². The Balaban J connectivity index is 1.71. The van der Waals surface area contributed by atoms with E-state index in [9.17, 15) is 17.6 Å². The predicted octanol–water partition coefficient (Wildman–Crippen LogP) is 4.52. The zero-order valence-electron chi connectivity index (χ0n) is 20.8. The van der Waals surface area contributed by atoms with Gasteiger partial charge in [-0.2, -0.15) is 0 Å². The molecule has 3 aromatic carbocycles. The van der Waals surface area contributed by atoms with Crippen molar-refractivity contribution in [1.29, 1.82) is 0 Å². The molecule has 3 rings (SSSR count). The van der Waals surface area contributed by atoms with Gasteiger partial charge in [-0.15, -0.1) is 0 Å². The van der Waals surface area contributed by atoms with Crippen LogP contribution in [0.2, 0.25) is 0 Å². The van der Waals surface area contributed by atoms with Crippen molar-refractivity contribution in [3.8, 4) is 11.5 Å². The number of anilines is 1. The van der Waals surface area contributed by atoms with E-state index < -0.39 is 28.3 Å². The molecule has 36 heavy (non-hydrogen) atoms. The molecule has 0 radical (unpaired) electrons. The summed E-state index contributed by atoms with van der Waals surface area (Å²) in [5, 5.41) is 2.70. The van der Waals surface area contributed by atoms with Crippen LogP contribution < -0.4 is 19.1 Å². The number of amides is 1. The lowest BCUT2D eigenvalue weighted by Gasteiger charge is -2.24. The largest absolute Gasteiger partial charge is 0.497 e. The minimum Gasteiger partial charge on any atom is -0.497 e. The Morgan fingerprint density at radius 3 is 2.22 bits per heavy atom. The fourth-order valence-electron chi connectivity index (χ4n) is 3.55. The molecule has 0 heterocycles. The maximum absolute atomic E-state index is 13.5. The smallest absolute Gasteiger partial charge is 0.264 e. The number of hydrogen-bond acceptors (Lipinski definition) is 5. The van der Waals surface area contributed by atoms with Crippen LogP contribution in [-0.4, -0.2) is 41.1 Å². The first-order valence-corrected chi connectivity index (χ1v) is 12.9. The number of hydrogen-bond donors (Lipinski definition) is 1. The average Bonchev–Trinajstić information content (AvgIpc) is 2.85. The number of nitrogens with one attached hydrogen (secondary N) is 1. The summed E-state index contributed by atoms with van der Waals surface area (Å²) in [7, 11) is -2.64. The van der Waals surface area contributed by atoms with Gasteiger partial charge >= 0.3 is 0 Å². The first-order valence-electron chi connectivity index (χ1n) is 11.4. The van der Waals surface area contributed by atoms with E-state index in [1.807, 2.05) is 24.3 Å². The number of halogens is 1. The van der Waals surface area contributed by atoms with Gasteiger partial charge in [0, 0.05) is 0 Å². The zero-order chi connectivity index (χ0) is 26.3. The number of carbonyl (C=O) groups is 1. The molecule has 0 saturated carbocycles. The first kappa shape index (κ1) is 27.0. The van der Waals surface area contributed by atoms with Crippen molar-refractivity contribution in [2.75, 3.05) is 31.1 Å². The first-order chi connectivity index (χ1) is 17.0. The molecule has 0 aromatic heterocycles. The standard InChI is InChI=1S/C27H31FN2O5S/c1-27(2,3)24-7-5-6-8-25(24)35-18-17-29-26(31)19-30(21-11-9-20(28)10-12-21)36(32,33)23-15-13-22(34-4)14-16-23/h5-16H,17-19H2,1-4H3,(H,29,31). The van der Waals surface area contributed by atoms with E-state index in [4.69, 9.17) is 9.47 Å². The van der Waals surface area contributed by atoms with Gasteiger partial charge in [0.25, 0.3) is 10.0 Å². The Morgan fingerprint density at radius 1 is 0.972 bits per heavy atom. The topological polar surface area (TPSA) is 84.9 Å². The molecule has 0 saturated heterocycles. The second-order valence-electron chi connectivity index (χ2n) is 9.11. The maximum atomic E-state index is 13.5. The lowest BCUT2D eigenvalue weighted by molar-refractivity contribution is -0.119. The number of carbonyl (C=O) groups excluding carboxylic acids is 1. The van der Waals surface area contributed by atoms with Crippen LogP contribution >= 0.6 is 0 Å². The fraction of sp³-hybridized carbons (Fsp3) is 0.296. The second kappa shape index (κ2) is 11.4. The second-order valence-corrected chi connectivity index (χ2v) is 11.0. The van der Waals surface area contributed by atoms with Gasteiger partial charge in [-0.25, -0.2) is 12.8 Å². The van der Waals surface area contributed by atoms with Crippen molar-refractivity contribution in [3.05, 3.63) is 84.2 Å². The minimum atomic E-state index is -4.12. The minimum absolute atomic E-state index is 0.0254. The van der Waals surface area contributed by atoms with E-state index in [1.165, 1.54) is 43.5 Å². The Bertz CT molecular complexity index is 1270. The van der Waals surface area contributed by atoms with Crippen molar-refractivity contribution in [2.24, 2.45) is 0 Å². The number of benzene rings is 3. The summed E-state index contributed by atoms with van der Waals surface area (Å²) in [5.41, 5.74) is 1.10. The third-order valence-electron chi connectivity index (χ3n) is 5.43. The lowest BCUT2D eigenvalue weighted by atomic mass is 9.86. The zero-order valence-corrected chi connectivity index (χ0v) is 21.6. The highest BCUT2D eigenvalue weighted by Gasteiger charge is 2.27. The SMILES string of the molecule is COc1ccc(S(=O)(=O)N(CC(=O)NCCOc2ccccc2C(C)(C)C)c2ccc(F)cc2)cc1. The van der Waals surface area contributed by atoms with Crippen molar-refractivity contribution >= 4 is 21.6 Å². The molecule has 1 N–H and O–H groups in total. The molecular weight excluding hydrogens is 483 g/mol. The summed E-state index contributed by atoms with van der Waals surface area (Å²) >= 11 is 0. The third kappa shape index (κ3) is 6.75. The summed E-state index contributed by atoms with van der Waals surface area (Å²) in [4.78, 5) is 12.7. The molecule has 0 aliphatic heterocycles. The lowest BCUT2D eigenvalue weighted by Crippen LogP contribution is -2.42. The maximum Gasteiger partial charge on any atom is 0.264 e. The number of para-hydroxylation sites is 1. The molecule has 3 aromatic rings. The van der Waals surface area contributed by atoms with Crippen LogP contribution in [0.1, 0.15) is 26.3 Å². The molecular formula is C27H31FN2O5S. The molecule has 7 nitrogen and oxygen atoms in total. The molecule has 0 bridgehead atoms. The van der Waals surface area contributed by atoms with Crippen molar-refractivity contribution in [1.82, 2.24) is 5.32 Å². The Labute approximate surface area is 211 Å². The van der Waals surface area contributed by atoms with E-state index in [0.717, 1.165) is 27.8 Å². The van der Waals surface area contributed by atoms with Gasteiger partial charge in [-0.05, 0) is 65.6 Å². The van der Waals surface area contributed by atoms with Crippen molar-refractivity contribution in [2.45, 2.75) is 31.1 Å². The van der Waals surface area contributed by atoms with Gasteiger partial charge in [0.05, 0.1) is 24.2 Å². The molecule has 0 aliphatic carbocycles. The molecule has 9 heteroatoms. The molecule has 0 spiro atoms. The van der Waals surface area contributed by atoms with Crippen LogP contribution in [0.3, 0.4) is 0 Å². The summed E-state index contributed by atoms with van der Waals surface area (Å²) in [6.07, 6.45) is 0.